The van der Waals surface area contributed by atoms with Crippen LogP contribution in [0.2, 0.25) is 0 Å². The van der Waals surface area contributed by atoms with Gasteiger partial charge in [0.1, 0.15) is 0 Å². The summed E-state index contributed by atoms with van der Waals surface area (Å²) >= 11 is 0. The second-order valence-corrected chi connectivity index (χ2v) is 5.97. The molecule has 0 aromatic carbocycles. The van der Waals surface area contributed by atoms with Crippen LogP contribution >= 0.6 is 0 Å². The normalized spacial score (nSPS) is 13.7. The molecule has 0 heterocycles. The first kappa shape index (κ1) is 18.8. The maximum Gasteiger partial charge on any atom is 0.0897 e. The van der Waals surface area contributed by atoms with Gasteiger partial charge in [-0.1, -0.05) is 40.0 Å². The molecule has 2 N–H and O–H groups in total. The van der Waals surface area contributed by atoms with Crippen LogP contribution in [0.25, 0.3) is 0 Å². The summed E-state index contributed by atoms with van der Waals surface area (Å²) in [5.74, 6) is 0. The lowest BCUT2D eigenvalue weighted by Gasteiger charge is -2.25. The van der Waals surface area contributed by atoms with Gasteiger partial charge in [-0.25, -0.2) is 0 Å². The highest BCUT2D eigenvalue weighted by atomic mass is 16.5. The van der Waals surface area contributed by atoms with E-state index in [1.165, 1.54) is 25.7 Å². The topological polar surface area (TPSA) is 50.7 Å². The quantitative estimate of drug-likeness (QED) is 0.506. The van der Waals surface area contributed by atoms with Crippen LogP contribution in [0.1, 0.15) is 46.5 Å². The lowest BCUT2D eigenvalue weighted by Crippen LogP contribution is -2.36. The lowest BCUT2D eigenvalue weighted by molar-refractivity contribution is 0.0131. The van der Waals surface area contributed by atoms with Gasteiger partial charge in [0.25, 0.3) is 0 Å². The Morgan fingerprint density at radius 2 is 1.95 bits per heavy atom. The summed E-state index contributed by atoms with van der Waals surface area (Å²) in [5.41, 5.74) is 0.297. The van der Waals surface area contributed by atoms with Crippen LogP contribution in [0.3, 0.4) is 0 Å². The molecule has 0 saturated carbocycles. The molecule has 0 saturated heterocycles. The van der Waals surface area contributed by atoms with Crippen LogP contribution in [-0.2, 0) is 9.47 Å². The zero-order valence-electron chi connectivity index (χ0n) is 13.2. The number of unbranched alkanes of at least 4 members (excludes halogenated alkanes) is 2. The van der Waals surface area contributed by atoms with E-state index < -0.39 is 6.10 Å². The summed E-state index contributed by atoms with van der Waals surface area (Å²) in [6.07, 6.45) is 4.64. The molecule has 1 unspecified atom stereocenters. The molecular formula is C15H33NO3. The Bertz CT molecular complexity index is 198. The number of ether oxygens (including phenoxy) is 2. The highest BCUT2D eigenvalue weighted by Gasteiger charge is 2.17. The van der Waals surface area contributed by atoms with Crippen LogP contribution < -0.4 is 5.32 Å². The smallest absolute Gasteiger partial charge is 0.0897 e. The predicted molar refractivity (Wildman–Crippen MR) is 79.5 cm³/mol. The van der Waals surface area contributed by atoms with Crippen molar-refractivity contribution in [1.82, 2.24) is 5.32 Å². The van der Waals surface area contributed by atoms with Gasteiger partial charge in [0, 0.05) is 20.2 Å². The van der Waals surface area contributed by atoms with Gasteiger partial charge in [0.15, 0.2) is 0 Å². The molecule has 19 heavy (non-hydrogen) atoms. The van der Waals surface area contributed by atoms with Gasteiger partial charge >= 0.3 is 0 Å². The van der Waals surface area contributed by atoms with Gasteiger partial charge in [0.05, 0.1) is 25.9 Å². The monoisotopic (exact) mass is 275 g/mol. The third kappa shape index (κ3) is 12.6. The van der Waals surface area contributed by atoms with Crippen molar-refractivity contribution >= 4 is 0 Å². The van der Waals surface area contributed by atoms with Gasteiger partial charge in [-0.2, -0.15) is 0 Å². The number of methoxy groups -OCH3 is 1. The average Bonchev–Trinajstić information content (AvgIpc) is 2.34. The van der Waals surface area contributed by atoms with Crippen molar-refractivity contribution in [3.8, 4) is 0 Å². The number of hydrogen-bond acceptors (Lipinski definition) is 4. The van der Waals surface area contributed by atoms with Crippen molar-refractivity contribution in [2.75, 3.05) is 40.0 Å². The molecule has 0 radical (unpaired) electrons. The van der Waals surface area contributed by atoms with E-state index >= 15 is 0 Å². The predicted octanol–water partition coefficient (Wildman–Crippen LogP) is 2.21. The van der Waals surface area contributed by atoms with Crippen LogP contribution in [-0.4, -0.2) is 51.2 Å². The maximum atomic E-state index is 9.73. The van der Waals surface area contributed by atoms with Crippen LogP contribution in [0.4, 0.5) is 0 Å². The van der Waals surface area contributed by atoms with Crippen molar-refractivity contribution in [1.29, 1.82) is 0 Å². The van der Waals surface area contributed by atoms with Crippen molar-refractivity contribution < 1.29 is 14.6 Å². The minimum Gasteiger partial charge on any atom is -0.389 e. The lowest BCUT2D eigenvalue weighted by atomic mass is 9.87. The standard InChI is InChI=1S/C15H33NO3/c1-5-6-7-8-15(2,3)13-16-11-14(17)12-19-10-9-18-4/h14,16-17H,5-13H2,1-4H3. The van der Waals surface area contributed by atoms with Gasteiger partial charge < -0.3 is 19.9 Å². The Kier molecular flexibility index (Phi) is 11.6. The summed E-state index contributed by atoms with van der Waals surface area (Å²) in [4.78, 5) is 0. The Hall–Kier alpha value is -0.160. The molecule has 0 aliphatic heterocycles. The summed E-state index contributed by atoms with van der Waals surface area (Å²) < 4.78 is 10.2. The van der Waals surface area contributed by atoms with Crippen molar-refractivity contribution in [3.63, 3.8) is 0 Å². The van der Waals surface area contributed by atoms with E-state index in [4.69, 9.17) is 9.47 Å². The van der Waals surface area contributed by atoms with Gasteiger partial charge in [-0.15, -0.1) is 0 Å². The molecule has 0 aliphatic carbocycles. The first-order chi connectivity index (χ1) is 9.02. The molecule has 0 amide bonds. The minimum atomic E-state index is -0.441. The number of rotatable bonds is 13. The fourth-order valence-corrected chi connectivity index (χ4v) is 1.94. The Morgan fingerprint density at radius 1 is 1.21 bits per heavy atom. The molecule has 0 aromatic rings. The third-order valence-corrected chi connectivity index (χ3v) is 3.18. The van der Waals surface area contributed by atoms with E-state index in [-0.39, 0.29) is 0 Å². The van der Waals surface area contributed by atoms with E-state index in [2.05, 4.69) is 26.1 Å². The summed E-state index contributed by atoms with van der Waals surface area (Å²) in [6, 6.07) is 0. The highest BCUT2D eigenvalue weighted by molar-refractivity contribution is 4.72. The number of hydrogen-bond donors (Lipinski definition) is 2. The largest absolute Gasteiger partial charge is 0.389 e. The summed E-state index contributed by atoms with van der Waals surface area (Å²) in [5, 5.41) is 13.1. The van der Waals surface area contributed by atoms with Crippen molar-refractivity contribution in [2.24, 2.45) is 5.41 Å². The molecule has 116 valence electrons. The zero-order chi connectivity index (χ0) is 14.6. The van der Waals surface area contributed by atoms with Crippen LogP contribution in [0.5, 0.6) is 0 Å². The fraction of sp³-hybridized carbons (Fsp3) is 1.00. The number of nitrogens with one attached hydrogen (secondary N) is 1. The molecule has 1 atom stereocenters. The second kappa shape index (κ2) is 11.6. The molecule has 4 nitrogen and oxygen atoms in total. The highest BCUT2D eigenvalue weighted by Crippen LogP contribution is 2.22. The van der Waals surface area contributed by atoms with Crippen LogP contribution in [0.15, 0.2) is 0 Å². The molecular weight excluding hydrogens is 242 g/mol. The molecule has 0 rings (SSSR count). The first-order valence-corrected chi connectivity index (χ1v) is 7.47. The summed E-state index contributed by atoms with van der Waals surface area (Å²) in [6.45, 7) is 9.78. The molecule has 0 spiro atoms. The van der Waals surface area contributed by atoms with Gasteiger partial charge in [0.2, 0.25) is 0 Å². The van der Waals surface area contributed by atoms with Crippen molar-refractivity contribution in [2.45, 2.75) is 52.6 Å². The molecule has 0 aliphatic rings. The van der Waals surface area contributed by atoms with E-state index in [1.54, 1.807) is 7.11 Å². The van der Waals surface area contributed by atoms with E-state index in [9.17, 15) is 5.11 Å². The molecule has 0 aromatic heterocycles. The number of aliphatic hydroxyl groups excluding tert-OH is 1. The SMILES string of the molecule is CCCCCC(C)(C)CNCC(O)COCCOC. The zero-order valence-corrected chi connectivity index (χ0v) is 13.2. The molecule has 0 fully saturated rings. The first-order valence-electron chi connectivity index (χ1n) is 7.47. The fourth-order valence-electron chi connectivity index (χ4n) is 1.94. The maximum absolute atomic E-state index is 9.73. The minimum absolute atomic E-state index is 0.297. The number of aliphatic hydroxyl groups is 1. The van der Waals surface area contributed by atoms with E-state index in [1.807, 2.05) is 0 Å². The molecule has 0 bridgehead atoms. The Balaban J connectivity index is 3.53. The average molecular weight is 275 g/mol. The molecule has 4 heteroatoms. The summed E-state index contributed by atoms with van der Waals surface area (Å²) in [7, 11) is 1.64. The third-order valence-electron chi connectivity index (χ3n) is 3.18. The van der Waals surface area contributed by atoms with Gasteiger partial charge in [-0.3, -0.25) is 0 Å². The Morgan fingerprint density at radius 3 is 2.58 bits per heavy atom. The van der Waals surface area contributed by atoms with E-state index in [0.717, 1.165) is 6.54 Å². The van der Waals surface area contributed by atoms with Crippen molar-refractivity contribution in [3.05, 3.63) is 0 Å². The van der Waals surface area contributed by atoms with E-state index in [0.29, 0.717) is 31.8 Å². The Labute approximate surface area is 118 Å². The second-order valence-electron chi connectivity index (χ2n) is 5.97. The van der Waals surface area contributed by atoms with Crippen LogP contribution in [0, 0.1) is 5.41 Å². The van der Waals surface area contributed by atoms with Gasteiger partial charge in [-0.05, 0) is 11.8 Å².